The Labute approximate surface area is 368 Å². The largest absolute Gasteiger partial charge is 0.508 e. The van der Waals surface area contributed by atoms with E-state index in [0.717, 1.165) is 25.3 Å². The molecule has 0 unspecified atom stereocenters. The summed E-state index contributed by atoms with van der Waals surface area (Å²) in [6, 6.07) is 20.6. The third kappa shape index (κ3) is 7.15. The molecule has 3 aliphatic heterocycles. The van der Waals surface area contributed by atoms with E-state index in [1.807, 2.05) is 0 Å². The number of fused-ring (bicyclic) bond motifs is 3. The van der Waals surface area contributed by atoms with Crippen molar-refractivity contribution in [2.75, 3.05) is 7.11 Å². The van der Waals surface area contributed by atoms with E-state index in [9.17, 15) is 66.1 Å². The highest BCUT2D eigenvalue weighted by Gasteiger charge is 2.52. The van der Waals surface area contributed by atoms with Gasteiger partial charge in [0.15, 0.2) is 18.3 Å². The Balaban J connectivity index is 1.33. The quantitative estimate of drug-likeness (QED) is 0.0890. The van der Waals surface area contributed by atoms with Crippen molar-refractivity contribution in [1.29, 1.82) is 0 Å². The van der Waals surface area contributed by atoms with Crippen LogP contribution in [0.1, 0.15) is 87.0 Å². The maximum absolute atomic E-state index is 12.9. The van der Waals surface area contributed by atoms with Crippen LogP contribution in [0, 0.1) is 0 Å². The van der Waals surface area contributed by atoms with Gasteiger partial charge >= 0.3 is 5.97 Å². The summed E-state index contributed by atoms with van der Waals surface area (Å²) in [4.78, 5) is 12.9. The molecule has 17 nitrogen and oxygen atoms in total. The lowest BCUT2D eigenvalue weighted by Gasteiger charge is -2.44. The van der Waals surface area contributed by atoms with Gasteiger partial charge in [-0.1, -0.05) is 36.4 Å². The number of aliphatic hydroxyl groups excluding tert-OH is 3. The van der Waals surface area contributed by atoms with Gasteiger partial charge in [0.05, 0.1) is 25.4 Å². The van der Waals surface area contributed by atoms with Gasteiger partial charge in [-0.25, -0.2) is 0 Å². The van der Waals surface area contributed by atoms with Crippen molar-refractivity contribution in [1.82, 2.24) is 0 Å². The van der Waals surface area contributed by atoms with E-state index in [1.54, 1.807) is 0 Å². The minimum Gasteiger partial charge on any atom is -0.508 e. The summed E-state index contributed by atoms with van der Waals surface area (Å²) in [5.74, 6) is -10.2. The number of ether oxygens (including phenoxy) is 4. The Morgan fingerprint density at radius 1 is 0.462 bits per heavy atom. The van der Waals surface area contributed by atoms with Crippen LogP contribution in [0.5, 0.6) is 69.0 Å². The lowest BCUT2D eigenvalue weighted by atomic mass is 9.72. The first-order valence-electron chi connectivity index (χ1n) is 20.3. The van der Waals surface area contributed by atoms with Crippen LogP contribution in [0.25, 0.3) is 0 Å². The van der Waals surface area contributed by atoms with Crippen molar-refractivity contribution < 1.29 is 85.0 Å². The van der Waals surface area contributed by atoms with E-state index < -0.39 is 101 Å². The lowest BCUT2D eigenvalue weighted by molar-refractivity contribution is -0.142. The first-order chi connectivity index (χ1) is 31.1. The molecular formula is C48H42O17. The van der Waals surface area contributed by atoms with Crippen LogP contribution in [0.15, 0.2) is 97.1 Å². The summed E-state index contributed by atoms with van der Waals surface area (Å²) in [6.45, 7) is 0. The molecule has 9 atom stereocenters. The van der Waals surface area contributed by atoms with Gasteiger partial charge in [0.1, 0.15) is 87.3 Å². The molecule has 0 spiro atoms. The Morgan fingerprint density at radius 2 is 0.831 bits per heavy atom. The van der Waals surface area contributed by atoms with E-state index in [0.29, 0.717) is 5.56 Å². The van der Waals surface area contributed by atoms with Crippen LogP contribution in [0.3, 0.4) is 0 Å². The van der Waals surface area contributed by atoms with Crippen molar-refractivity contribution in [3.05, 3.63) is 142 Å². The molecule has 6 aromatic rings. The second-order valence-corrected chi connectivity index (χ2v) is 16.2. The number of hydrogen-bond donors (Lipinski definition) is 12. The Bertz CT molecular complexity index is 2810. The first kappa shape index (κ1) is 42.6. The summed E-state index contributed by atoms with van der Waals surface area (Å²) < 4.78 is 24.2. The molecule has 12 N–H and O–H groups in total. The second-order valence-electron chi connectivity index (χ2n) is 16.2. The van der Waals surface area contributed by atoms with E-state index >= 15 is 0 Å². The smallest absolute Gasteiger partial charge is 0.306 e. The SMILES string of the molecule is COC(=O)C[C@H]1c2c(O)cc(O)c([C@H]3c4c(O)cc(O)c([C@H]5c6c(O)cc(O)cc6O[C@H](c6ccc(O)cc6)[C@@H]5O)c4O[C@H](c4ccc(O)cc4)[C@@H]3O)c2O[C@H](c2ccc(O)cc2)[C@@H]1O. The molecule has 0 bridgehead atoms. The van der Waals surface area contributed by atoms with Crippen molar-refractivity contribution in [2.45, 2.75) is 60.8 Å². The van der Waals surface area contributed by atoms with Gasteiger partial charge in [-0.3, -0.25) is 4.79 Å². The van der Waals surface area contributed by atoms with Crippen LogP contribution in [0.4, 0.5) is 0 Å². The van der Waals surface area contributed by atoms with Gasteiger partial charge in [0.2, 0.25) is 0 Å². The number of carbonyl (C=O) groups is 1. The number of benzene rings is 6. The maximum Gasteiger partial charge on any atom is 0.306 e. The molecule has 0 saturated carbocycles. The van der Waals surface area contributed by atoms with Gasteiger partial charge in [0.25, 0.3) is 0 Å². The highest BCUT2D eigenvalue weighted by molar-refractivity contribution is 5.74. The molecule has 0 saturated heterocycles. The molecule has 65 heavy (non-hydrogen) atoms. The fraction of sp³-hybridized carbons (Fsp3) is 0.229. The monoisotopic (exact) mass is 890 g/mol. The normalized spacial score (nSPS) is 24.3. The molecule has 0 radical (unpaired) electrons. The first-order valence-corrected chi connectivity index (χ1v) is 20.3. The van der Waals surface area contributed by atoms with Gasteiger partial charge in [-0.05, 0) is 53.1 Å². The average Bonchev–Trinajstić information content (AvgIpc) is 3.26. The van der Waals surface area contributed by atoms with E-state index in [-0.39, 0.29) is 73.4 Å². The van der Waals surface area contributed by atoms with E-state index in [2.05, 4.69) is 0 Å². The fourth-order valence-electron chi connectivity index (χ4n) is 9.42. The number of methoxy groups -OCH3 is 1. The van der Waals surface area contributed by atoms with Crippen molar-refractivity contribution >= 4 is 5.97 Å². The summed E-state index contributed by atoms with van der Waals surface area (Å²) in [6.07, 6.45) is -9.76. The molecule has 336 valence electrons. The van der Waals surface area contributed by atoms with Crippen molar-refractivity contribution in [2.24, 2.45) is 0 Å². The Hall–Kier alpha value is -7.73. The van der Waals surface area contributed by atoms with Crippen LogP contribution >= 0.6 is 0 Å². The zero-order valence-corrected chi connectivity index (χ0v) is 34.0. The summed E-state index contributed by atoms with van der Waals surface area (Å²) >= 11 is 0. The molecule has 0 fully saturated rings. The van der Waals surface area contributed by atoms with Crippen molar-refractivity contribution in [3.63, 3.8) is 0 Å². The predicted molar refractivity (Wildman–Crippen MR) is 225 cm³/mol. The van der Waals surface area contributed by atoms with Gasteiger partial charge < -0.3 is 80.2 Å². The molecule has 3 heterocycles. The fourth-order valence-corrected chi connectivity index (χ4v) is 9.42. The topological polar surface area (TPSA) is 297 Å². The standard InChI is InChI=1S/C48H42O17/c1-62-33(58)16-26-34-28(54)17-29(55)37(47(34)64-44(41(26)59)19-2-8-22(49)9-3-19)40-38-31(57)18-30(56)36(48(38)65-46(43(40)61)21-6-12-24(51)13-7-21)39-35-27(53)14-25(52)15-32(35)63-45(42(39)60)20-4-10-23(50)11-5-20/h2-15,17-18,26,39-46,49-57,59-61H,16H2,1H3/t26-,39+,40-,41+,42+,43+,44+,45+,46+/m0/s1. The number of rotatable bonds is 7. The summed E-state index contributed by atoms with van der Waals surface area (Å²) in [5.41, 5.74) is -0.350. The molecule has 0 aromatic heterocycles. The molecular weight excluding hydrogens is 849 g/mol. The zero-order chi connectivity index (χ0) is 46.2. The Morgan fingerprint density at radius 3 is 1.28 bits per heavy atom. The number of phenolic OH excluding ortho intramolecular Hbond substituents is 9. The Kier molecular flexibility index (Phi) is 10.6. The van der Waals surface area contributed by atoms with Crippen LogP contribution < -0.4 is 14.2 Å². The number of hydrogen-bond acceptors (Lipinski definition) is 17. The third-order valence-corrected chi connectivity index (χ3v) is 12.4. The summed E-state index contributed by atoms with van der Waals surface area (Å²) in [5, 5.41) is 137. The number of esters is 1. The minimum absolute atomic E-state index is 0.0982. The zero-order valence-electron chi connectivity index (χ0n) is 34.0. The minimum atomic E-state index is -1.82. The average molecular weight is 891 g/mol. The summed E-state index contributed by atoms with van der Waals surface area (Å²) in [7, 11) is 1.13. The molecule has 0 aliphatic carbocycles. The van der Waals surface area contributed by atoms with Gasteiger partial charge in [-0.2, -0.15) is 0 Å². The van der Waals surface area contributed by atoms with E-state index in [4.69, 9.17) is 18.9 Å². The number of phenols is 9. The van der Waals surface area contributed by atoms with Gasteiger partial charge in [0, 0.05) is 58.0 Å². The molecule has 9 rings (SSSR count). The number of aromatic hydroxyl groups is 9. The second kappa shape index (κ2) is 16.1. The third-order valence-electron chi connectivity index (χ3n) is 12.4. The van der Waals surface area contributed by atoms with E-state index in [1.165, 1.54) is 78.9 Å². The van der Waals surface area contributed by atoms with Crippen LogP contribution in [-0.4, -0.2) is 92.7 Å². The highest BCUT2D eigenvalue weighted by Crippen LogP contribution is 2.63. The van der Waals surface area contributed by atoms with Gasteiger partial charge in [-0.15, -0.1) is 0 Å². The highest BCUT2D eigenvalue weighted by atomic mass is 16.5. The van der Waals surface area contributed by atoms with Crippen LogP contribution in [-0.2, 0) is 9.53 Å². The van der Waals surface area contributed by atoms with Crippen molar-refractivity contribution in [3.8, 4) is 69.0 Å². The number of aliphatic hydroxyl groups is 3. The molecule has 3 aliphatic rings. The number of carbonyl (C=O) groups excluding carboxylic acids is 1. The molecule has 0 amide bonds. The predicted octanol–water partition coefficient (Wildman–Crippen LogP) is 5.43. The maximum atomic E-state index is 12.9. The molecule has 6 aromatic carbocycles. The molecule has 17 heteroatoms. The van der Waals surface area contributed by atoms with Crippen LogP contribution in [0.2, 0.25) is 0 Å². The lowest BCUT2D eigenvalue weighted by Crippen LogP contribution is -2.39.